The minimum atomic E-state index is 0.255. The van der Waals surface area contributed by atoms with Gasteiger partial charge in [-0.05, 0) is 29.3 Å². The van der Waals surface area contributed by atoms with Gasteiger partial charge in [0.1, 0.15) is 0 Å². The van der Waals surface area contributed by atoms with Crippen LogP contribution in [-0.2, 0) is 0 Å². The quantitative estimate of drug-likeness (QED) is 0.724. The summed E-state index contributed by atoms with van der Waals surface area (Å²) in [5.74, 6) is 0.255. The van der Waals surface area contributed by atoms with Crippen LogP contribution in [0.2, 0.25) is 0 Å². The third-order valence-electron chi connectivity index (χ3n) is 3.08. The lowest BCUT2D eigenvalue weighted by Crippen LogP contribution is -2.00. The van der Waals surface area contributed by atoms with Gasteiger partial charge in [0.2, 0.25) is 0 Å². The second kappa shape index (κ2) is 3.63. The molecule has 2 heteroatoms. The molecule has 1 aliphatic rings. The fourth-order valence-corrected chi connectivity index (χ4v) is 2.22. The van der Waals surface area contributed by atoms with Gasteiger partial charge in [0.25, 0.3) is 0 Å². The highest BCUT2D eigenvalue weighted by molar-refractivity contribution is 6.06. The minimum Gasteiger partial charge on any atom is -0.384 e. The first-order chi connectivity index (χ1) is 7.84. The molecule has 0 unspecified atom stereocenters. The third-order valence-corrected chi connectivity index (χ3v) is 3.08. The molecular weight excluding hydrogens is 198 g/mol. The molecule has 0 amide bonds. The fourth-order valence-electron chi connectivity index (χ4n) is 2.22. The van der Waals surface area contributed by atoms with Crippen molar-refractivity contribution in [3.05, 3.63) is 42.0 Å². The minimum absolute atomic E-state index is 0.255. The van der Waals surface area contributed by atoms with Crippen LogP contribution in [0.25, 0.3) is 10.8 Å². The lowest BCUT2D eigenvalue weighted by molar-refractivity contribution is 0.0984. The molecule has 1 heterocycles. The summed E-state index contributed by atoms with van der Waals surface area (Å²) in [6, 6.07) is 12.2. The molecular formula is C14H13NO. The number of benzene rings is 2. The second-order valence-electron chi connectivity index (χ2n) is 4.20. The van der Waals surface area contributed by atoms with Crippen molar-refractivity contribution in [2.45, 2.75) is 12.8 Å². The lowest BCUT2D eigenvalue weighted by Gasteiger charge is -2.08. The normalized spacial score (nSPS) is 15.4. The average Bonchev–Trinajstić information content (AvgIpc) is 2.49. The van der Waals surface area contributed by atoms with Gasteiger partial charge in [-0.15, -0.1) is 0 Å². The largest absolute Gasteiger partial charge is 0.384 e. The van der Waals surface area contributed by atoms with Crippen LogP contribution in [0.15, 0.2) is 36.4 Å². The highest BCUT2D eigenvalue weighted by Gasteiger charge is 2.15. The van der Waals surface area contributed by atoms with Crippen molar-refractivity contribution >= 4 is 22.2 Å². The molecule has 0 spiro atoms. The molecule has 2 nitrogen and oxygen atoms in total. The van der Waals surface area contributed by atoms with E-state index in [2.05, 4.69) is 17.4 Å². The molecule has 0 aliphatic carbocycles. The Balaban J connectivity index is 2.27. The van der Waals surface area contributed by atoms with Gasteiger partial charge >= 0.3 is 0 Å². The number of fused-ring (bicyclic) bond motifs is 2. The number of carbonyl (C=O) groups is 1. The molecule has 0 fully saturated rings. The van der Waals surface area contributed by atoms with Crippen LogP contribution in [0.1, 0.15) is 23.2 Å². The molecule has 80 valence electrons. The van der Waals surface area contributed by atoms with Crippen LogP contribution in [0, 0.1) is 0 Å². The van der Waals surface area contributed by atoms with Crippen LogP contribution >= 0.6 is 0 Å². The van der Waals surface area contributed by atoms with Gasteiger partial charge in [0.05, 0.1) is 0 Å². The van der Waals surface area contributed by atoms with E-state index >= 15 is 0 Å². The number of nitrogens with one attached hydrogen (secondary N) is 1. The Kier molecular flexibility index (Phi) is 2.13. The predicted octanol–water partition coefficient (Wildman–Crippen LogP) is 3.23. The van der Waals surface area contributed by atoms with E-state index in [0.29, 0.717) is 6.42 Å². The molecule has 2 aromatic rings. The smallest absolute Gasteiger partial charge is 0.165 e. The zero-order valence-electron chi connectivity index (χ0n) is 8.99. The van der Waals surface area contributed by atoms with E-state index in [4.69, 9.17) is 0 Å². The van der Waals surface area contributed by atoms with Gasteiger partial charge in [-0.2, -0.15) is 0 Å². The summed E-state index contributed by atoms with van der Waals surface area (Å²) in [6.45, 7) is 0.886. The Morgan fingerprint density at radius 3 is 2.62 bits per heavy atom. The van der Waals surface area contributed by atoms with Crippen molar-refractivity contribution < 1.29 is 4.79 Å². The van der Waals surface area contributed by atoms with Gasteiger partial charge in [0.15, 0.2) is 5.78 Å². The number of carbonyl (C=O) groups excluding carboxylic acids is 1. The van der Waals surface area contributed by atoms with Crippen molar-refractivity contribution in [1.29, 1.82) is 0 Å². The number of hydrogen-bond donors (Lipinski definition) is 1. The first kappa shape index (κ1) is 9.40. The SMILES string of the molecule is O=C1CCCNc2cc3ccccc3cc21. The Labute approximate surface area is 94.3 Å². The Morgan fingerprint density at radius 2 is 1.81 bits per heavy atom. The van der Waals surface area contributed by atoms with E-state index in [1.807, 2.05) is 24.3 Å². The van der Waals surface area contributed by atoms with E-state index in [1.54, 1.807) is 0 Å². The maximum atomic E-state index is 11.9. The van der Waals surface area contributed by atoms with Crippen LogP contribution in [0.3, 0.4) is 0 Å². The molecule has 0 bridgehead atoms. The van der Waals surface area contributed by atoms with Crippen LogP contribution in [-0.4, -0.2) is 12.3 Å². The molecule has 0 aromatic heterocycles. The fraction of sp³-hybridized carbons (Fsp3) is 0.214. The van der Waals surface area contributed by atoms with Crippen molar-refractivity contribution in [2.75, 3.05) is 11.9 Å². The molecule has 0 saturated heterocycles. The second-order valence-corrected chi connectivity index (χ2v) is 4.20. The molecule has 1 aliphatic heterocycles. The summed E-state index contributed by atoms with van der Waals surface area (Å²) in [5.41, 5.74) is 1.83. The highest BCUT2D eigenvalue weighted by atomic mass is 16.1. The van der Waals surface area contributed by atoms with E-state index in [-0.39, 0.29) is 5.78 Å². The van der Waals surface area contributed by atoms with Crippen molar-refractivity contribution in [3.63, 3.8) is 0 Å². The van der Waals surface area contributed by atoms with E-state index < -0.39 is 0 Å². The number of ketones is 1. The third kappa shape index (κ3) is 1.47. The monoisotopic (exact) mass is 211 g/mol. The summed E-state index contributed by atoms with van der Waals surface area (Å²) in [4.78, 5) is 11.9. The van der Waals surface area contributed by atoms with Gasteiger partial charge in [-0.3, -0.25) is 4.79 Å². The number of hydrogen-bond acceptors (Lipinski definition) is 2. The molecule has 0 atom stereocenters. The molecule has 2 aromatic carbocycles. The first-order valence-electron chi connectivity index (χ1n) is 5.64. The molecule has 3 rings (SSSR count). The van der Waals surface area contributed by atoms with Gasteiger partial charge in [-0.1, -0.05) is 24.3 Å². The van der Waals surface area contributed by atoms with E-state index in [1.165, 1.54) is 5.39 Å². The average molecular weight is 211 g/mol. The van der Waals surface area contributed by atoms with E-state index in [9.17, 15) is 4.79 Å². The Hall–Kier alpha value is -1.83. The summed E-state index contributed by atoms with van der Waals surface area (Å²) in [7, 11) is 0. The summed E-state index contributed by atoms with van der Waals surface area (Å²) in [5, 5.41) is 5.65. The van der Waals surface area contributed by atoms with Crippen molar-refractivity contribution in [3.8, 4) is 0 Å². The lowest BCUT2D eigenvalue weighted by atomic mass is 10.0. The van der Waals surface area contributed by atoms with Gasteiger partial charge in [0, 0.05) is 24.2 Å². The molecule has 16 heavy (non-hydrogen) atoms. The standard InChI is InChI=1S/C14H13NO/c16-14-6-3-7-15-13-9-11-5-2-1-4-10(11)8-12(13)14/h1-2,4-5,8-9,15H,3,6-7H2. The van der Waals surface area contributed by atoms with Crippen molar-refractivity contribution in [2.24, 2.45) is 0 Å². The van der Waals surface area contributed by atoms with Crippen molar-refractivity contribution in [1.82, 2.24) is 0 Å². The number of rotatable bonds is 0. The summed E-state index contributed by atoms with van der Waals surface area (Å²) >= 11 is 0. The predicted molar refractivity (Wildman–Crippen MR) is 66.0 cm³/mol. The maximum absolute atomic E-state index is 11.9. The molecule has 1 N–H and O–H groups in total. The van der Waals surface area contributed by atoms with Crippen LogP contribution in [0.4, 0.5) is 5.69 Å². The van der Waals surface area contributed by atoms with Gasteiger partial charge < -0.3 is 5.32 Å². The van der Waals surface area contributed by atoms with Crippen LogP contribution in [0.5, 0.6) is 0 Å². The Morgan fingerprint density at radius 1 is 1.06 bits per heavy atom. The maximum Gasteiger partial charge on any atom is 0.165 e. The summed E-state index contributed by atoms with van der Waals surface area (Å²) < 4.78 is 0. The number of Topliss-reactive ketones (excluding diaryl/α,β-unsaturated/α-hetero) is 1. The zero-order chi connectivity index (χ0) is 11.0. The highest BCUT2D eigenvalue weighted by Crippen LogP contribution is 2.27. The summed E-state index contributed by atoms with van der Waals surface area (Å²) in [6.07, 6.45) is 1.57. The zero-order valence-corrected chi connectivity index (χ0v) is 8.99. The number of anilines is 1. The Bertz CT molecular complexity index is 560. The molecule has 0 radical (unpaired) electrons. The van der Waals surface area contributed by atoms with Crippen LogP contribution < -0.4 is 5.32 Å². The topological polar surface area (TPSA) is 29.1 Å². The molecule has 0 saturated carbocycles. The van der Waals surface area contributed by atoms with E-state index in [0.717, 1.165) is 29.6 Å². The first-order valence-corrected chi connectivity index (χ1v) is 5.64. The van der Waals surface area contributed by atoms with Gasteiger partial charge in [-0.25, -0.2) is 0 Å².